The number of imide groups is 2. The molecule has 33 heavy (non-hydrogen) atoms. The van der Waals surface area contributed by atoms with E-state index >= 15 is 0 Å². The molecule has 3 rings (SSSR count). The van der Waals surface area contributed by atoms with E-state index in [2.05, 4.69) is 15.4 Å². The van der Waals surface area contributed by atoms with Crippen molar-refractivity contribution < 1.29 is 38.2 Å². The summed E-state index contributed by atoms with van der Waals surface area (Å²) in [5.74, 6) is -2.89. The van der Waals surface area contributed by atoms with Gasteiger partial charge >= 0.3 is 6.09 Å². The number of unbranched alkanes of at least 4 members (excludes halogenated alkanes) is 2. The average Bonchev–Trinajstić information content (AvgIpc) is 3.02. The number of hydrogen-bond donors (Lipinski definition) is 3. The molecular weight excluding hydrogens is 436 g/mol. The highest BCUT2D eigenvalue weighted by molar-refractivity contribution is 6.24. The molecule has 12 heteroatoms. The molecule has 1 aromatic carbocycles. The lowest BCUT2D eigenvalue weighted by molar-refractivity contribution is -0.136. The summed E-state index contributed by atoms with van der Waals surface area (Å²) in [6, 6.07) is 3.33. The third kappa shape index (κ3) is 5.64. The Bertz CT molecular complexity index is 992. The first-order valence-electron chi connectivity index (χ1n) is 10.5. The van der Waals surface area contributed by atoms with Crippen LogP contribution in [0.25, 0.3) is 0 Å². The van der Waals surface area contributed by atoms with Gasteiger partial charge in [-0.3, -0.25) is 34.2 Å². The highest BCUT2D eigenvalue weighted by Gasteiger charge is 2.46. The highest BCUT2D eigenvalue weighted by atomic mass is 16.5. The Balaban J connectivity index is 1.53. The number of rotatable bonds is 10. The number of ether oxygens (including phenoxy) is 2. The van der Waals surface area contributed by atoms with Gasteiger partial charge in [-0.15, -0.1) is 0 Å². The fourth-order valence-corrected chi connectivity index (χ4v) is 3.60. The van der Waals surface area contributed by atoms with Gasteiger partial charge in [-0.2, -0.15) is 0 Å². The SMILES string of the molecule is NC(=O)OCCCCCNC(=O)COc1cccc2c1C(=O)N(C1CCC(=O)NC1=O)C2=O. The van der Waals surface area contributed by atoms with Gasteiger partial charge in [0.15, 0.2) is 6.61 Å². The van der Waals surface area contributed by atoms with Crippen molar-refractivity contribution in [3.05, 3.63) is 29.3 Å². The number of carbonyl (C=O) groups is 6. The zero-order valence-corrected chi connectivity index (χ0v) is 17.8. The van der Waals surface area contributed by atoms with E-state index in [9.17, 15) is 28.8 Å². The maximum absolute atomic E-state index is 13.0. The monoisotopic (exact) mass is 460 g/mol. The zero-order valence-electron chi connectivity index (χ0n) is 17.8. The second-order valence-electron chi connectivity index (χ2n) is 7.49. The predicted molar refractivity (Wildman–Crippen MR) is 111 cm³/mol. The molecule has 2 aliphatic rings. The molecule has 12 nitrogen and oxygen atoms in total. The molecule has 1 unspecified atom stereocenters. The maximum atomic E-state index is 13.0. The molecule has 1 atom stereocenters. The van der Waals surface area contributed by atoms with Gasteiger partial charge in [-0.25, -0.2) is 4.79 Å². The van der Waals surface area contributed by atoms with Crippen LogP contribution in [-0.4, -0.2) is 66.3 Å². The molecular formula is C21H24N4O8. The van der Waals surface area contributed by atoms with Crippen LogP contribution in [-0.2, 0) is 19.1 Å². The van der Waals surface area contributed by atoms with E-state index in [1.165, 1.54) is 18.2 Å². The number of fused-ring (bicyclic) bond motifs is 1. The van der Waals surface area contributed by atoms with Crippen LogP contribution in [0.5, 0.6) is 5.75 Å². The Hall–Kier alpha value is -3.96. The molecule has 1 fully saturated rings. The molecule has 1 saturated heterocycles. The lowest BCUT2D eigenvalue weighted by Crippen LogP contribution is -2.54. The van der Waals surface area contributed by atoms with Crippen molar-refractivity contribution in [2.75, 3.05) is 19.8 Å². The van der Waals surface area contributed by atoms with Crippen molar-refractivity contribution in [3.8, 4) is 5.75 Å². The molecule has 1 aromatic rings. The predicted octanol–water partition coefficient (Wildman–Crippen LogP) is -0.152. The molecule has 0 bridgehead atoms. The quantitative estimate of drug-likeness (QED) is 0.319. The van der Waals surface area contributed by atoms with Crippen LogP contribution in [0.4, 0.5) is 4.79 Å². The first kappa shape index (κ1) is 23.7. The van der Waals surface area contributed by atoms with Crippen LogP contribution in [0.3, 0.4) is 0 Å². The summed E-state index contributed by atoms with van der Waals surface area (Å²) in [5, 5.41) is 4.80. The number of piperidine rings is 1. The Morgan fingerprint density at radius 3 is 2.64 bits per heavy atom. The van der Waals surface area contributed by atoms with Gasteiger partial charge in [0.2, 0.25) is 11.8 Å². The number of hydrogen-bond acceptors (Lipinski definition) is 8. The number of benzene rings is 1. The van der Waals surface area contributed by atoms with Crippen LogP contribution in [0.2, 0.25) is 0 Å². The molecule has 0 saturated carbocycles. The topological polar surface area (TPSA) is 174 Å². The minimum Gasteiger partial charge on any atom is -0.483 e. The van der Waals surface area contributed by atoms with E-state index in [1.807, 2.05) is 0 Å². The number of nitrogens with zero attached hydrogens (tertiary/aromatic N) is 1. The van der Waals surface area contributed by atoms with Crippen LogP contribution in [0.15, 0.2) is 18.2 Å². The first-order valence-corrected chi connectivity index (χ1v) is 10.5. The number of primary amides is 1. The summed E-state index contributed by atoms with van der Waals surface area (Å²) >= 11 is 0. The molecule has 176 valence electrons. The second-order valence-corrected chi connectivity index (χ2v) is 7.49. The van der Waals surface area contributed by atoms with Gasteiger partial charge in [-0.05, 0) is 37.8 Å². The number of carbonyl (C=O) groups excluding carboxylic acids is 6. The van der Waals surface area contributed by atoms with Gasteiger partial charge < -0.3 is 20.5 Å². The Kier molecular flexibility index (Phi) is 7.59. The lowest BCUT2D eigenvalue weighted by atomic mass is 10.0. The van der Waals surface area contributed by atoms with Gasteiger partial charge in [-0.1, -0.05) is 6.07 Å². The molecule has 0 aromatic heterocycles. The van der Waals surface area contributed by atoms with E-state index in [1.54, 1.807) is 0 Å². The summed E-state index contributed by atoms with van der Waals surface area (Å²) in [6.07, 6.45) is 1.23. The lowest BCUT2D eigenvalue weighted by Gasteiger charge is -2.27. The van der Waals surface area contributed by atoms with Crippen LogP contribution in [0.1, 0.15) is 52.8 Å². The third-order valence-corrected chi connectivity index (χ3v) is 5.18. The summed E-state index contributed by atoms with van der Waals surface area (Å²) in [6.45, 7) is 0.224. The van der Waals surface area contributed by atoms with Crippen molar-refractivity contribution in [2.45, 2.75) is 38.1 Å². The number of nitrogens with two attached hydrogens (primary N) is 1. The smallest absolute Gasteiger partial charge is 0.404 e. The van der Waals surface area contributed by atoms with Gasteiger partial charge in [0.1, 0.15) is 11.8 Å². The normalized spacial score (nSPS) is 17.5. The fraction of sp³-hybridized carbons (Fsp3) is 0.429. The van der Waals surface area contributed by atoms with E-state index in [4.69, 9.17) is 10.5 Å². The standard InChI is InChI=1S/C21H24N4O8/c22-21(31)32-10-3-1-2-9-23-16(27)11-33-14-6-4-5-12-17(14)20(30)25(19(12)29)13-7-8-15(26)24-18(13)28/h4-6,13H,1-3,7-11H2,(H2,22,31)(H,23,27)(H,24,26,28). The summed E-state index contributed by atoms with van der Waals surface area (Å²) < 4.78 is 10.1. The van der Waals surface area contributed by atoms with Gasteiger partial charge in [0.05, 0.1) is 17.7 Å². The molecule has 6 amide bonds. The van der Waals surface area contributed by atoms with Crippen molar-refractivity contribution >= 4 is 35.6 Å². The Morgan fingerprint density at radius 2 is 1.91 bits per heavy atom. The molecule has 2 heterocycles. The van der Waals surface area contributed by atoms with Gasteiger partial charge in [0, 0.05) is 13.0 Å². The number of nitrogens with one attached hydrogen (secondary N) is 2. The average molecular weight is 460 g/mol. The Morgan fingerprint density at radius 1 is 1.12 bits per heavy atom. The molecule has 2 aliphatic heterocycles. The Labute approximate surface area is 188 Å². The van der Waals surface area contributed by atoms with Crippen LogP contribution >= 0.6 is 0 Å². The zero-order chi connectivity index (χ0) is 24.0. The third-order valence-electron chi connectivity index (χ3n) is 5.18. The molecule has 4 N–H and O–H groups in total. The fourth-order valence-electron chi connectivity index (χ4n) is 3.60. The van der Waals surface area contributed by atoms with Crippen molar-refractivity contribution in [3.63, 3.8) is 0 Å². The van der Waals surface area contributed by atoms with Gasteiger partial charge in [0.25, 0.3) is 17.7 Å². The van der Waals surface area contributed by atoms with Crippen LogP contribution in [0, 0.1) is 0 Å². The van der Waals surface area contributed by atoms with E-state index in [-0.39, 0.29) is 42.9 Å². The molecule has 0 aliphatic carbocycles. The molecule has 0 radical (unpaired) electrons. The molecule has 0 spiro atoms. The highest BCUT2D eigenvalue weighted by Crippen LogP contribution is 2.33. The van der Waals surface area contributed by atoms with Crippen molar-refractivity contribution in [1.82, 2.24) is 15.5 Å². The summed E-state index contributed by atoms with van der Waals surface area (Å²) in [5.41, 5.74) is 4.91. The largest absolute Gasteiger partial charge is 0.483 e. The van der Waals surface area contributed by atoms with E-state index in [0.717, 1.165) is 4.90 Å². The minimum atomic E-state index is -1.08. The first-order chi connectivity index (χ1) is 15.8. The summed E-state index contributed by atoms with van der Waals surface area (Å²) in [4.78, 5) is 72.6. The van der Waals surface area contributed by atoms with Crippen LogP contribution < -0.4 is 21.1 Å². The van der Waals surface area contributed by atoms with E-state index in [0.29, 0.717) is 25.8 Å². The second kappa shape index (κ2) is 10.6. The minimum absolute atomic E-state index is 0.0190. The number of amides is 6. The van der Waals surface area contributed by atoms with Crippen molar-refractivity contribution in [1.29, 1.82) is 0 Å². The van der Waals surface area contributed by atoms with E-state index < -0.39 is 41.7 Å². The maximum Gasteiger partial charge on any atom is 0.404 e. The summed E-state index contributed by atoms with van der Waals surface area (Å²) in [7, 11) is 0. The van der Waals surface area contributed by atoms with Crippen molar-refractivity contribution in [2.24, 2.45) is 5.73 Å².